The molecule has 0 radical (unpaired) electrons. The predicted octanol–water partition coefficient (Wildman–Crippen LogP) is 1.65. The zero-order valence-electron chi connectivity index (χ0n) is 12.2. The van der Waals surface area contributed by atoms with Crippen LogP contribution >= 0.6 is 0 Å². The highest BCUT2D eigenvalue weighted by Gasteiger charge is 2.16. The maximum absolute atomic E-state index is 11.7. The van der Waals surface area contributed by atoms with Gasteiger partial charge in [0, 0.05) is 6.54 Å². The van der Waals surface area contributed by atoms with Crippen LogP contribution in [0.3, 0.4) is 0 Å². The first-order valence-corrected chi connectivity index (χ1v) is 6.62. The van der Waals surface area contributed by atoms with Crippen molar-refractivity contribution < 1.29 is 9.53 Å². The second-order valence-electron chi connectivity index (χ2n) is 5.11. The molecule has 1 aromatic rings. The Hall–Kier alpha value is -1.55. The number of rotatable bonds is 6. The van der Waals surface area contributed by atoms with Crippen molar-refractivity contribution in [2.45, 2.75) is 33.2 Å². The fourth-order valence-electron chi connectivity index (χ4n) is 1.85. The van der Waals surface area contributed by atoms with Crippen molar-refractivity contribution in [1.29, 1.82) is 0 Å². The van der Waals surface area contributed by atoms with Gasteiger partial charge in [0.05, 0.1) is 13.2 Å². The van der Waals surface area contributed by atoms with E-state index in [0.29, 0.717) is 6.54 Å². The Morgan fingerprint density at radius 3 is 2.63 bits per heavy atom. The van der Waals surface area contributed by atoms with Crippen LogP contribution in [0.15, 0.2) is 18.2 Å². The minimum atomic E-state index is -0.433. The Bertz CT molecular complexity index is 430. The van der Waals surface area contributed by atoms with Gasteiger partial charge < -0.3 is 15.8 Å². The van der Waals surface area contributed by atoms with Crippen LogP contribution in [0.4, 0.5) is 0 Å². The zero-order valence-corrected chi connectivity index (χ0v) is 12.2. The highest BCUT2D eigenvalue weighted by Crippen LogP contribution is 2.18. The lowest BCUT2D eigenvalue weighted by molar-refractivity contribution is -0.123. The fraction of sp³-hybridized carbons (Fsp3) is 0.533. The highest BCUT2D eigenvalue weighted by atomic mass is 16.5. The molecule has 1 unspecified atom stereocenters. The van der Waals surface area contributed by atoms with Gasteiger partial charge in [-0.2, -0.15) is 0 Å². The van der Waals surface area contributed by atoms with Gasteiger partial charge in [0.2, 0.25) is 5.91 Å². The molecule has 0 spiro atoms. The Balaban J connectivity index is 2.45. The molecule has 0 aliphatic rings. The molecule has 1 rings (SSSR count). The molecule has 1 amide bonds. The number of hydrogen-bond donors (Lipinski definition) is 2. The van der Waals surface area contributed by atoms with Crippen molar-refractivity contribution in [1.82, 2.24) is 5.32 Å². The molecular formula is C15H24N2O2. The summed E-state index contributed by atoms with van der Waals surface area (Å²) in [7, 11) is 1.66. The highest BCUT2D eigenvalue weighted by molar-refractivity contribution is 5.81. The normalized spacial score (nSPS) is 12.3. The molecule has 4 heteroatoms. The quantitative estimate of drug-likeness (QED) is 0.821. The van der Waals surface area contributed by atoms with Crippen molar-refractivity contribution >= 4 is 5.91 Å². The van der Waals surface area contributed by atoms with E-state index < -0.39 is 6.04 Å². The summed E-state index contributed by atoms with van der Waals surface area (Å²) in [4.78, 5) is 11.7. The second-order valence-corrected chi connectivity index (χ2v) is 5.11. The van der Waals surface area contributed by atoms with Crippen molar-refractivity contribution in [3.63, 3.8) is 0 Å². The molecule has 0 saturated carbocycles. The van der Waals surface area contributed by atoms with Crippen LogP contribution in [0.2, 0.25) is 0 Å². The largest absolute Gasteiger partial charge is 0.496 e. The van der Waals surface area contributed by atoms with Crippen LogP contribution in [0.25, 0.3) is 0 Å². The van der Waals surface area contributed by atoms with E-state index in [4.69, 9.17) is 10.5 Å². The lowest BCUT2D eigenvalue weighted by atomic mass is 10.0. The van der Waals surface area contributed by atoms with Crippen LogP contribution < -0.4 is 15.8 Å². The van der Waals surface area contributed by atoms with Gasteiger partial charge in [-0.05, 0) is 36.5 Å². The van der Waals surface area contributed by atoms with Gasteiger partial charge in [0.25, 0.3) is 0 Å². The first-order chi connectivity index (χ1) is 8.95. The third-order valence-corrected chi connectivity index (χ3v) is 3.19. The third kappa shape index (κ3) is 4.56. The Morgan fingerprint density at radius 2 is 2.11 bits per heavy atom. The lowest BCUT2D eigenvalue weighted by Gasteiger charge is -2.15. The number of aryl methyl sites for hydroxylation is 1. The molecule has 0 aliphatic carbocycles. The molecule has 106 valence electrons. The van der Waals surface area contributed by atoms with E-state index in [0.717, 1.165) is 17.7 Å². The van der Waals surface area contributed by atoms with Gasteiger partial charge >= 0.3 is 0 Å². The molecule has 1 aromatic carbocycles. The minimum absolute atomic E-state index is 0.0831. The van der Waals surface area contributed by atoms with Crippen molar-refractivity contribution in [3.05, 3.63) is 29.3 Å². The summed E-state index contributed by atoms with van der Waals surface area (Å²) in [5.41, 5.74) is 8.05. The molecule has 0 heterocycles. The van der Waals surface area contributed by atoms with Crippen LogP contribution in [0.1, 0.15) is 25.0 Å². The summed E-state index contributed by atoms with van der Waals surface area (Å²) in [6.45, 7) is 6.49. The lowest BCUT2D eigenvalue weighted by Crippen LogP contribution is -2.44. The number of carbonyl (C=O) groups excluding carboxylic acids is 1. The maximum atomic E-state index is 11.7. The molecule has 0 bridgehead atoms. The van der Waals surface area contributed by atoms with Gasteiger partial charge in [-0.1, -0.05) is 26.0 Å². The minimum Gasteiger partial charge on any atom is -0.496 e. The summed E-state index contributed by atoms with van der Waals surface area (Å²) in [6, 6.07) is 5.61. The fourth-order valence-corrected chi connectivity index (χ4v) is 1.85. The van der Waals surface area contributed by atoms with E-state index in [1.54, 1.807) is 7.11 Å². The number of hydrogen-bond acceptors (Lipinski definition) is 3. The number of amides is 1. The molecule has 0 saturated heterocycles. The van der Waals surface area contributed by atoms with E-state index in [2.05, 4.69) is 11.4 Å². The Morgan fingerprint density at radius 1 is 1.42 bits per heavy atom. The van der Waals surface area contributed by atoms with Crippen molar-refractivity contribution in [2.24, 2.45) is 11.7 Å². The van der Waals surface area contributed by atoms with E-state index in [9.17, 15) is 4.79 Å². The van der Waals surface area contributed by atoms with Gasteiger partial charge in [-0.15, -0.1) is 0 Å². The average molecular weight is 264 g/mol. The SMILES string of the molecule is COc1ccc(CCNC(=O)C(N)C(C)C)cc1C. The number of ether oxygens (including phenoxy) is 1. The summed E-state index contributed by atoms with van der Waals surface area (Å²) < 4.78 is 5.21. The molecule has 0 aromatic heterocycles. The topological polar surface area (TPSA) is 64.3 Å². The summed E-state index contributed by atoms with van der Waals surface area (Å²) in [5, 5.41) is 2.87. The van der Waals surface area contributed by atoms with E-state index in [1.807, 2.05) is 32.9 Å². The molecule has 4 nitrogen and oxygen atoms in total. The number of benzene rings is 1. The molecule has 3 N–H and O–H groups in total. The number of methoxy groups -OCH3 is 1. The third-order valence-electron chi connectivity index (χ3n) is 3.19. The molecule has 1 atom stereocenters. The molecule has 0 aliphatic heterocycles. The molecule has 19 heavy (non-hydrogen) atoms. The maximum Gasteiger partial charge on any atom is 0.237 e. The summed E-state index contributed by atoms with van der Waals surface area (Å²) >= 11 is 0. The zero-order chi connectivity index (χ0) is 14.4. The first kappa shape index (κ1) is 15.5. The van der Waals surface area contributed by atoms with Gasteiger partial charge in [-0.25, -0.2) is 0 Å². The predicted molar refractivity (Wildman–Crippen MR) is 77.3 cm³/mol. The van der Waals surface area contributed by atoms with Gasteiger partial charge in [0.1, 0.15) is 5.75 Å². The summed E-state index contributed by atoms with van der Waals surface area (Å²) in [6.07, 6.45) is 0.793. The van der Waals surface area contributed by atoms with Crippen molar-refractivity contribution in [2.75, 3.05) is 13.7 Å². The van der Waals surface area contributed by atoms with Gasteiger partial charge in [-0.3, -0.25) is 4.79 Å². The van der Waals surface area contributed by atoms with E-state index in [1.165, 1.54) is 5.56 Å². The van der Waals surface area contributed by atoms with Gasteiger partial charge in [0.15, 0.2) is 0 Å². The van der Waals surface area contributed by atoms with Crippen LogP contribution in [-0.2, 0) is 11.2 Å². The summed E-state index contributed by atoms with van der Waals surface area (Å²) in [5.74, 6) is 0.957. The second kappa shape index (κ2) is 7.14. The Kier molecular flexibility index (Phi) is 5.83. The number of nitrogens with one attached hydrogen (secondary N) is 1. The molecule has 0 fully saturated rings. The Labute approximate surface area is 115 Å². The smallest absolute Gasteiger partial charge is 0.237 e. The van der Waals surface area contributed by atoms with E-state index >= 15 is 0 Å². The van der Waals surface area contributed by atoms with Crippen LogP contribution in [0, 0.1) is 12.8 Å². The van der Waals surface area contributed by atoms with Crippen molar-refractivity contribution in [3.8, 4) is 5.75 Å². The van der Waals surface area contributed by atoms with E-state index in [-0.39, 0.29) is 11.8 Å². The standard InChI is InChI=1S/C15H24N2O2/c1-10(2)14(16)15(18)17-8-7-12-5-6-13(19-4)11(3)9-12/h5-6,9-10,14H,7-8,16H2,1-4H3,(H,17,18). The van der Waals surface area contributed by atoms with Crippen LogP contribution in [0.5, 0.6) is 5.75 Å². The first-order valence-electron chi connectivity index (χ1n) is 6.62. The monoisotopic (exact) mass is 264 g/mol. The number of nitrogens with two attached hydrogens (primary N) is 1. The molecular weight excluding hydrogens is 240 g/mol. The number of carbonyl (C=O) groups is 1. The average Bonchev–Trinajstić information content (AvgIpc) is 2.37. The van der Waals surface area contributed by atoms with Crippen LogP contribution in [-0.4, -0.2) is 25.6 Å².